The first-order valence-corrected chi connectivity index (χ1v) is 12.8. The molecule has 0 unspecified atom stereocenters. The Morgan fingerprint density at radius 3 is 2.50 bits per heavy atom. The number of benzene rings is 2. The SMILES string of the molecule is CC(=O)Nc1cc(C(F)F)cc([C@@H](C)Nc2nc(C)nc3c4c(c(N5CCOCC5)cc23)OC(C)(C)C4)c1. The number of carbonyl (C=O) groups excluding carboxylic acids is 1. The Bertz CT molecular complexity index is 1390. The van der Waals surface area contributed by atoms with Gasteiger partial charge in [-0.15, -0.1) is 0 Å². The molecule has 1 aromatic heterocycles. The van der Waals surface area contributed by atoms with Crippen LogP contribution in [-0.4, -0.2) is 47.8 Å². The lowest BCUT2D eigenvalue weighted by Crippen LogP contribution is -2.36. The van der Waals surface area contributed by atoms with E-state index in [0.29, 0.717) is 42.5 Å². The number of nitrogens with zero attached hydrogens (tertiary/aromatic N) is 3. The number of nitrogens with one attached hydrogen (secondary N) is 2. The van der Waals surface area contributed by atoms with Crippen molar-refractivity contribution in [3.05, 3.63) is 46.8 Å². The van der Waals surface area contributed by atoms with Gasteiger partial charge in [-0.2, -0.15) is 0 Å². The summed E-state index contributed by atoms with van der Waals surface area (Å²) in [7, 11) is 0. The molecular formula is C28H33F2N5O3. The highest BCUT2D eigenvalue weighted by molar-refractivity contribution is 5.97. The minimum Gasteiger partial charge on any atom is -0.485 e. The van der Waals surface area contributed by atoms with E-state index in [9.17, 15) is 13.6 Å². The molecule has 8 nitrogen and oxygen atoms in total. The number of anilines is 3. The standard InChI is InChI=1S/C28H33F2N5O3/c1-15(18-10-19(26(29)30)12-20(11-18)34-17(3)36)31-27-21-13-23(35-6-8-37-9-7-35)25-22(14-28(4,5)38-25)24(21)32-16(2)33-27/h10-13,15,26H,6-9,14H2,1-5H3,(H,34,36)(H,31,32,33)/t15-/m1/s1. The molecule has 3 heterocycles. The smallest absolute Gasteiger partial charge is 0.263 e. The minimum absolute atomic E-state index is 0.157. The summed E-state index contributed by atoms with van der Waals surface area (Å²) in [6.45, 7) is 12.0. The fourth-order valence-corrected chi connectivity index (χ4v) is 5.19. The van der Waals surface area contributed by atoms with Crippen molar-refractivity contribution in [3.8, 4) is 5.75 Å². The van der Waals surface area contributed by atoms with Crippen molar-refractivity contribution < 1.29 is 23.0 Å². The van der Waals surface area contributed by atoms with Crippen LogP contribution in [0.15, 0.2) is 24.3 Å². The number of alkyl halides is 2. The fraction of sp³-hybridized carbons (Fsp3) is 0.464. The summed E-state index contributed by atoms with van der Waals surface area (Å²) in [6, 6.07) is 6.14. The molecule has 0 aliphatic carbocycles. The number of hydrogen-bond donors (Lipinski definition) is 2. The summed E-state index contributed by atoms with van der Waals surface area (Å²) < 4.78 is 39.3. The van der Waals surface area contributed by atoms with Crippen LogP contribution in [0.1, 0.15) is 62.7 Å². The van der Waals surface area contributed by atoms with Crippen LogP contribution in [0.3, 0.4) is 0 Å². The van der Waals surface area contributed by atoms with Gasteiger partial charge in [0.15, 0.2) is 0 Å². The molecule has 0 radical (unpaired) electrons. The second-order valence-electron chi connectivity index (χ2n) is 10.6. The van der Waals surface area contributed by atoms with Gasteiger partial charge in [0, 0.05) is 48.6 Å². The third-order valence-electron chi connectivity index (χ3n) is 6.87. The average Bonchev–Trinajstić information content (AvgIpc) is 3.18. The zero-order valence-corrected chi connectivity index (χ0v) is 22.3. The van der Waals surface area contributed by atoms with Gasteiger partial charge in [0.05, 0.1) is 30.5 Å². The maximum atomic E-state index is 13.6. The topological polar surface area (TPSA) is 88.6 Å². The van der Waals surface area contributed by atoms with Crippen LogP contribution in [0.25, 0.3) is 10.9 Å². The first-order valence-electron chi connectivity index (χ1n) is 12.8. The molecule has 0 bridgehead atoms. The molecule has 202 valence electrons. The molecule has 1 atom stereocenters. The van der Waals surface area contributed by atoms with Crippen molar-refractivity contribution in [2.45, 2.75) is 59.1 Å². The number of amides is 1. The molecule has 2 N–H and O–H groups in total. The van der Waals surface area contributed by atoms with E-state index in [1.165, 1.54) is 19.1 Å². The lowest BCUT2D eigenvalue weighted by atomic mass is 9.98. The molecule has 38 heavy (non-hydrogen) atoms. The van der Waals surface area contributed by atoms with E-state index in [1.807, 2.05) is 13.8 Å². The molecule has 0 spiro atoms. The third kappa shape index (κ3) is 5.22. The van der Waals surface area contributed by atoms with E-state index in [-0.39, 0.29) is 23.1 Å². The highest BCUT2D eigenvalue weighted by Crippen LogP contribution is 2.47. The summed E-state index contributed by atoms with van der Waals surface area (Å²) in [5, 5.41) is 6.90. The Labute approximate surface area is 220 Å². The Morgan fingerprint density at radius 2 is 1.82 bits per heavy atom. The molecule has 1 fully saturated rings. The number of halogens is 2. The minimum atomic E-state index is -2.67. The Kier molecular flexibility index (Phi) is 6.85. The number of morpholine rings is 1. The summed E-state index contributed by atoms with van der Waals surface area (Å²) in [5.74, 6) is 1.74. The molecule has 2 aromatic carbocycles. The number of carbonyl (C=O) groups is 1. The largest absolute Gasteiger partial charge is 0.485 e. The zero-order valence-electron chi connectivity index (χ0n) is 22.3. The van der Waals surface area contributed by atoms with Gasteiger partial charge in [-0.3, -0.25) is 4.79 Å². The molecule has 0 saturated carbocycles. The van der Waals surface area contributed by atoms with E-state index < -0.39 is 6.43 Å². The van der Waals surface area contributed by atoms with Crippen LogP contribution >= 0.6 is 0 Å². The Hall–Kier alpha value is -3.53. The zero-order chi connectivity index (χ0) is 27.2. The van der Waals surface area contributed by atoms with Crippen LogP contribution in [0, 0.1) is 6.92 Å². The van der Waals surface area contributed by atoms with Crippen LogP contribution in [0.4, 0.5) is 26.0 Å². The predicted octanol–water partition coefficient (Wildman–Crippen LogP) is 5.56. The highest BCUT2D eigenvalue weighted by atomic mass is 19.3. The van der Waals surface area contributed by atoms with Crippen molar-refractivity contribution in [2.24, 2.45) is 0 Å². The number of hydrogen-bond acceptors (Lipinski definition) is 7. The van der Waals surface area contributed by atoms with Gasteiger partial charge >= 0.3 is 0 Å². The second-order valence-corrected chi connectivity index (χ2v) is 10.6. The third-order valence-corrected chi connectivity index (χ3v) is 6.87. The first kappa shape index (κ1) is 26.1. The Balaban J connectivity index is 1.59. The fourth-order valence-electron chi connectivity index (χ4n) is 5.19. The number of fused-ring (bicyclic) bond motifs is 3. The monoisotopic (exact) mass is 525 g/mol. The lowest BCUT2D eigenvalue weighted by Gasteiger charge is -2.31. The maximum Gasteiger partial charge on any atom is 0.263 e. The highest BCUT2D eigenvalue weighted by Gasteiger charge is 2.36. The molecule has 3 aromatic rings. The van der Waals surface area contributed by atoms with Crippen molar-refractivity contribution in [2.75, 3.05) is 41.8 Å². The molecule has 2 aliphatic rings. The van der Waals surface area contributed by atoms with E-state index in [0.717, 1.165) is 41.0 Å². The second kappa shape index (κ2) is 9.98. The van der Waals surface area contributed by atoms with Crippen LogP contribution < -0.4 is 20.3 Å². The van der Waals surface area contributed by atoms with E-state index in [4.69, 9.17) is 19.4 Å². The van der Waals surface area contributed by atoms with Gasteiger partial charge < -0.3 is 25.0 Å². The molecule has 10 heteroatoms. The number of ether oxygens (including phenoxy) is 2. The summed E-state index contributed by atoms with van der Waals surface area (Å²) in [5.41, 5.74) is 3.26. The van der Waals surface area contributed by atoms with Crippen molar-refractivity contribution >= 4 is 34.0 Å². The van der Waals surface area contributed by atoms with Crippen LogP contribution in [0.5, 0.6) is 5.75 Å². The lowest BCUT2D eigenvalue weighted by molar-refractivity contribution is -0.114. The molecule has 2 aliphatic heterocycles. The van der Waals surface area contributed by atoms with Gasteiger partial charge in [-0.1, -0.05) is 0 Å². The van der Waals surface area contributed by atoms with Gasteiger partial charge in [-0.25, -0.2) is 18.7 Å². The van der Waals surface area contributed by atoms with Gasteiger partial charge in [-0.05, 0) is 57.5 Å². The quantitative estimate of drug-likeness (QED) is 0.436. The number of aryl methyl sites for hydroxylation is 1. The van der Waals surface area contributed by atoms with E-state index in [2.05, 4.69) is 35.4 Å². The van der Waals surface area contributed by atoms with Crippen molar-refractivity contribution in [3.63, 3.8) is 0 Å². The Morgan fingerprint density at radius 1 is 1.11 bits per heavy atom. The molecular weight excluding hydrogens is 492 g/mol. The van der Waals surface area contributed by atoms with Gasteiger partial charge in [0.1, 0.15) is 23.0 Å². The van der Waals surface area contributed by atoms with Gasteiger partial charge in [0.2, 0.25) is 5.91 Å². The summed E-state index contributed by atoms with van der Waals surface area (Å²) in [4.78, 5) is 23.4. The molecule has 5 rings (SSSR count). The maximum absolute atomic E-state index is 13.6. The summed E-state index contributed by atoms with van der Waals surface area (Å²) >= 11 is 0. The van der Waals surface area contributed by atoms with E-state index >= 15 is 0 Å². The van der Waals surface area contributed by atoms with Crippen LogP contribution in [-0.2, 0) is 16.0 Å². The van der Waals surface area contributed by atoms with Crippen molar-refractivity contribution in [1.29, 1.82) is 0 Å². The van der Waals surface area contributed by atoms with Crippen LogP contribution in [0.2, 0.25) is 0 Å². The van der Waals surface area contributed by atoms with Gasteiger partial charge in [0.25, 0.3) is 6.43 Å². The molecule has 1 saturated heterocycles. The van der Waals surface area contributed by atoms with E-state index in [1.54, 1.807) is 6.07 Å². The number of aromatic nitrogens is 2. The predicted molar refractivity (Wildman–Crippen MR) is 143 cm³/mol. The first-order chi connectivity index (χ1) is 18.0. The summed E-state index contributed by atoms with van der Waals surface area (Å²) in [6.07, 6.45) is -1.96. The number of rotatable bonds is 6. The normalized spacial score (nSPS) is 17.3. The molecule has 1 amide bonds. The van der Waals surface area contributed by atoms with Crippen molar-refractivity contribution in [1.82, 2.24) is 9.97 Å². The average molecular weight is 526 g/mol.